The van der Waals surface area contributed by atoms with E-state index in [1.807, 2.05) is 0 Å². The van der Waals surface area contributed by atoms with Gasteiger partial charge < -0.3 is 0 Å². The van der Waals surface area contributed by atoms with E-state index in [0.717, 1.165) is 12.8 Å². The average molecular weight is 237 g/mol. The third kappa shape index (κ3) is 3.79. The lowest BCUT2D eigenvalue weighted by Crippen LogP contribution is -2.41. The summed E-state index contributed by atoms with van der Waals surface area (Å²) in [6, 6.07) is 0. The smallest absolute Gasteiger partial charge is 0.208 e. The molecular formula is C9H19NO2S2. The number of rotatable bonds is 4. The minimum absolute atomic E-state index is 0.154. The number of hydrogen-bond acceptors (Lipinski definition) is 3. The first-order valence-corrected chi connectivity index (χ1v) is 8.09. The lowest BCUT2D eigenvalue weighted by atomic mass is 9.88. The van der Waals surface area contributed by atoms with Gasteiger partial charge in [-0.3, -0.25) is 0 Å². The fourth-order valence-corrected chi connectivity index (χ4v) is 3.46. The van der Waals surface area contributed by atoms with Crippen LogP contribution in [0.2, 0.25) is 0 Å². The Balaban J connectivity index is 2.52. The highest BCUT2D eigenvalue weighted by molar-refractivity contribution is 8.00. The molecule has 0 aromatic heterocycles. The molecule has 1 fully saturated rings. The number of nitrogens with one attached hydrogen (secondary N) is 1. The van der Waals surface area contributed by atoms with Crippen molar-refractivity contribution in [3.8, 4) is 0 Å². The first-order valence-electron chi connectivity index (χ1n) is 4.97. The molecule has 1 aliphatic carbocycles. The van der Waals surface area contributed by atoms with Crippen LogP contribution in [0.15, 0.2) is 0 Å². The Morgan fingerprint density at radius 1 is 1.29 bits per heavy atom. The molecule has 3 nitrogen and oxygen atoms in total. The summed E-state index contributed by atoms with van der Waals surface area (Å²) in [7, 11) is -3.04. The van der Waals surface area contributed by atoms with Crippen LogP contribution in [0, 0.1) is 0 Å². The summed E-state index contributed by atoms with van der Waals surface area (Å²) in [6.07, 6.45) is 9.33. The Labute approximate surface area is 91.1 Å². The van der Waals surface area contributed by atoms with Gasteiger partial charge in [0, 0.05) is 11.3 Å². The third-order valence-electron chi connectivity index (χ3n) is 2.85. The predicted molar refractivity (Wildman–Crippen MR) is 62.2 cm³/mol. The van der Waals surface area contributed by atoms with E-state index in [9.17, 15) is 8.42 Å². The standard InChI is InChI=1S/C9H19NO2S2/c1-13-9(6-4-3-5-7-9)8-10-14(2,11)12/h10H,3-8H2,1-2H3. The van der Waals surface area contributed by atoms with E-state index in [4.69, 9.17) is 0 Å². The molecule has 84 valence electrons. The van der Waals surface area contributed by atoms with Crippen LogP contribution < -0.4 is 4.72 Å². The molecule has 0 unspecified atom stereocenters. The molecule has 1 saturated carbocycles. The van der Waals surface area contributed by atoms with Gasteiger partial charge in [-0.25, -0.2) is 13.1 Å². The van der Waals surface area contributed by atoms with Crippen LogP contribution >= 0.6 is 11.8 Å². The van der Waals surface area contributed by atoms with Crippen molar-refractivity contribution in [2.75, 3.05) is 19.1 Å². The Kier molecular flexibility index (Phi) is 4.28. The number of thioether (sulfide) groups is 1. The largest absolute Gasteiger partial charge is 0.214 e. The molecule has 0 heterocycles. The fourth-order valence-electron chi connectivity index (χ4n) is 1.91. The molecule has 0 bridgehead atoms. The molecule has 0 atom stereocenters. The van der Waals surface area contributed by atoms with Crippen LogP contribution in [0.1, 0.15) is 32.1 Å². The van der Waals surface area contributed by atoms with Crippen LogP contribution in [0.25, 0.3) is 0 Å². The molecule has 0 radical (unpaired) electrons. The topological polar surface area (TPSA) is 46.2 Å². The van der Waals surface area contributed by atoms with Gasteiger partial charge in [-0.05, 0) is 19.1 Å². The summed E-state index contributed by atoms with van der Waals surface area (Å²) in [5.41, 5.74) is 0. The normalized spacial score (nSPS) is 22.1. The molecule has 0 saturated heterocycles. The molecule has 0 aromatic carbocycles. The van der Waals surface area contributed by atoms with Crippen LogP contribution in [0.5, 0.6) is 0 Å². The molecule has 1 rings (SSSR count). The summed E-state index contributed by atoms with van der Waals surface area (Å²) < 4.78 is 24.8. The highest BCUT2D eigenvalue weighted by atomic mass is 32.2. The second kappa shape index (κ2) is 4.86. The van der Waals surface area contributed by atoms with Gasteiger partial charge in [0.1, 0.15) is 0 Å². The molecule has 0 aromatic rings. The molecule has 0 amide bonds. The maximum absolute atomic E-state index is 11.0. The fraction of sp³-hybridized carbons (Fsp3) is 1.00. The van der Waals surface area contributed by atoms with E-state index in [0.29, 0.717) is 6.54 Å². The summed E-state index contributed by atoms with van der Waals surface area (Å²) in [6.45, 7) is 0.590. The highest BCUT2D eigenvalue weighted by Crippen LogP contribution is 2.37. The monoisotopic (exact) mass is 237 g/mol. The Bertz CT molecular complexity index is 269. The zero-order chi connectivity index (χ0) is 10.7. The zero-order valence-electron chi connectivity index (χ0n) is 8.88. The first-order chi connectivity index (χ1) is 6.47. The second-order valence-corrected chi connectivity index (χ2v) is 7.15. The van der Waals surface area contributed by atoms with E-state index in [1.165, 1.54) is 25.5 Å². The minimum Gasteiger partial charge on any atom is -0.214 e. The van der Waals surface area contributed by atoms with Gasteiger partial charge in [0.05, 0.1) is 6.26 Å². The van der Waals surface area contributed by atoms with E-state index >= 15 is 0 Å². The third-order valence-corrected chi connectivity index (χ3v) is 4.94. The Morgan fingerprint density at radius 2 is 1.86 bits per heavy atom. The summed E-state index contributed by atoms with van der Waals surface area (Å²) in [5.74, 6) is 0. The van der Waals surface area contributed by atoms with Crippen LogP contribution in [0.3, 0.4) is 0 Å². The molecule has 0 aliphatic heterocycles. The van der Waals surface area contributed by atoms with Crippen molar-refractivity contribution in [2.24, 2.45) is 0 Å². The van der Waals surface area contributed by atoms with Gasteiger partial charge in [0.25, 0.3) is 0 Å². The molecular weight excluding hydrogens is 218 g/mol. The Hall–Kier alpha value is 0.260. The quantitative estimate of drug-likeness (QED) is 0.808. The van der Waals surface area contributed by atoms with Crippen molar-refractivity contribution in [1.82, 2.24) is 4.72 Å². The van der Waals surface area contributed by atoms with Gasteiger partial charge in [-0.1, -0.05) is 19.3 Å². The van der Waals surface area contributed by atoms with Crippen LogP contribution in [0.4, 0.5) is 0 Å². The van der Waals surface area contributed by atoms with E-state index in [1.54, 1.807) is 11.8 Å². The summed E-state index contributed by atoms with van der Waals surface area (Å²) >= 11 is 1.81. The zero-order valence-corrected chi connectivity index (χ0v) is 10.5. The highest BCUT2D eigenvalue weighted by Gasteiger charge is 2.31. The Morgan fingerprint density at radius 3 is 2.29 bits per heavy atom. The van der Waals surface area contributed by atoms with Gasteiger partial charge in [-0.2, -0.15) is 11.8 Å². The molecule has 1 aliphatic rings. The minimum atomic E-state index is -3.04. The molecule has 14 heavy (non-hydrogen) atoms. The van der Waals surface area contributed by atoms with Crippen molar-refractivity contribution in [1.29, 1.82) is 0 Å². The van der Waals surface area contributed by atoms with E-state index in [2.05, 4.69) is 11.0 Å². The van der Waals surface area contributed by atoms with E-state index in [-0.39, 0.29) is 4.75 Å². The van der Waals surface area contributed by atoms with E-state index < -0.39 is 10.0 Å². The SMILES string of the molecule is CSC1(CNS(C)(=O)=O)CCCCC1. The van der Waals surface area contributed by atoms with Gasteiger partial charge in [0.2, 0.25) is 10.0 Å². The van der Waals surface area contributed by atoms with Crippen molar-refractivity contribution < 1.29 is 8.42 Å². The molecule has 5 heteroatoms. The van der Waals surface area contributed by atoms with Gasteiger partial charge in [-0.15, -0.1) is 0 Å². The first kappa shape index (κ1) is 12.3. The summed E-state index contributed by atoms with van der Waals surface area (Å²) in [5, 5.41) is 0. The maximum Gasteiger partial charge on any atom is 0.208 e. The maximum atomic E-state index is 11.0. The lowest BCUT2D eigenvalue weighted by molar-refractivity contribution is 0.395. The number of hydrogen-bond donors (Lipinski definition) is 1. The van der Waals surface area contributed by atoms with Crippen molar-refractivity contribution >= 4 is 21.8 Å². The van der Waals surface area contributed by atoms with Crippen molar-refractivity contribution in [2.45, 2.75) is 36.9 Å². The van der Waals surface area contributed by atoms with Gasteiger partial charge >= 0.3 is 0 Å². The predicted octanol–water partition coefficient (Wildman–Crippen LogP) is 1.60. The van der Waals surface area contributed by atoms with Crippen molar-refractivity contribution in [3.63, 3.8) is 0 Å². The van der Waals surface area contributed by atoms with Crippen LogP contribution in [-0.2, 0) is 10.0 Å². The lowest BCUT2D eigenvalue weighted by Gasteiger charge is -2.35. The number of sulfonamides is 1. The molecule has 1 N–H and O–H groups in total. The summed E-state index contributed by atoms with van der Waals surface area (Å²) in [4.78, 5) is 0. The van der Waals surface area contributed by atoms with Crippen molar-refractivity contribution in [3.05, 3.63) is 0 Å². The van der Waals surface area contributed by atoms with Gasteiger partial charge in [0.15, 0.2) is 0 Å². The van der Waals surface area contributed by atoms with Crippen LogP contribution in [-0.4, -0.2) is 32.2 Å². The second-order valence-electron chi connectivity index (χ2n) is 4.04. The molecule has 0 spiro atoms. The average Bonchev–Trinajstić information content (AvgIpc) is 2.15.